The molecule has 128 valence electrons. The Morgan fingerprint density at radius 3 is 2.85 bits per heavy atom. The molecule has 7 heteroatoms. The van der Waals surface area contributed by atoms with E-state index in [0.717, 1.165) is 26.9 Å². The van der Waals surface area contributed by atoms with Gasteiger partial charge in [0.2, 0.25) is 0 Å². The van der Waals surface area contributed by atoms with Crippen LogP contribution in [-0.2, 0) is 0 Å². The van der Waals surface area contributed by atoms with Crippen LogP contribution in [0.4, 0.5) is 0 Å². The van der Waals surface area contributed by atoms with Crippen molar-refractivity contribution in [3.8, 4) is 10.6 Å². The van der Waals surface area contributed by atoms with Gasteiger partial charge >= 0.3 is 0 Å². The first-order valence-electron chi connectivity index (χ1n) is 7.83. The third-order valence-corrected chi connectivity index (χ3v) is 5.11. The Kier molecular flexibility index (Phi) is 4.51. The van der Waals surface area contributed by atoms with E-state index in [9.17, 15) is 4.79 Å². The Labute approximate surface area is 158 Å². The molecule has 0 fully saturated rings. The molecule has 0 radical (unpaired) electrons. The second-order valence-electron chi connectivity index (χ2n) is 5.54. The molecule has 1 amide bonds. The Hall–Kier alpha value is -2.96. The van der Waals surface area contributed by atoms with Crippen LogP contribution >= 0.6 is 22.9 Å². The number of benzene rings is 2. The number of nitrogens with one attached hydrogen (secondary N) is 2. The summed E-state index contributed by atoms with van der Waals surface area (Å²) in [5, 5.41) is 13.1. The number of H-pyrrole nitrogens is 1. The molecule has 2 N–H and O–H groups in total. The first kappa shape index (κ1) is 16.5. The summed E-state index contributed by atoms with van der Waals surface area (Å²) in [5.41, 5.74) is 4.44. The number of hydrogen-bond donors (Lipinski definition) is 2. The normalized spacial score (nSPS) is 11.3. The number of carbonyl (C=O) groups is 1. The zero-order valence-corrected chi connectivity index (χ0v) is 15.0. The molecule has 26 heavy (non-hydrogen) atoms. The second kappa shape index (κ2) is 7.11. The van der Waals surface area contributed by atoms with Gasteiger partial charge in [-0.05, 0) is 29.0 Å². The highest BCUT2D eigenvalue weighted by molar-refractivity contribution is 7.19. The molecule has 0 unspecified atom stereocenters. The molecular formula is C19H13ClN4OS. The van der Waals surface area contributed by atoms with Gasteiger partial charge in [-0.1, -0.05) is 54.1 Å². The zero-order chi connectivity index (χ0) is 17.9. The highest BCUT2D eigenvalue weighted by Gasteiger charge is 2.12. The molecule has 0 saturated carbocycles. The van der Waals surface area contributed by atoms with Gasteiger partial charge in [0, 0.05) is 5.56 Å². The molecule has 0 aliphatic heterocycles. The third kappa shape index (κ3) is 3.37. The highest BCUT2D eigenvalue weighted by Crippen LogP contribution is 2.29. The van der Waals surface area contributed by atoms with E-state index in [4.69, 9.17) is 11.6 Å². The Morgan fingerprint density at radius 1 is 1.15 bits per heavy atom. The lowest BCUT2D eigenvalue weighted by Gasteiger charge is -2.01. The van der Waals surface area contributed by atoms with Crippen molar-refractivity contribution in [2.75, 3.05) is 0 Å². The zero-order valence-electron chi connectivity index (χ0n) is 13.4. The van der Waals surface area contributed by atoms with Gasteiger partial charge in [-0.3, -0.25) is 9.89 Å². The number of rotatable bonds is 4. The van der Waals surface area contributed by atoms with E-state index in [2.05, 4.69) is 20.7 Å². The number of nitrogens with zero attached hydrogens (tertiary/aromatic N) is 2. The van der Waals surface area contributed by atoms with Crippen LogP contribution in [0.15, 0.2) is 65.8 Å². The topological polar surface area (TPSA) is 70.1 Å². The number of fused-ring (bicyclic) bond motifs is 1. The number of halogens is 1. The van der Waals surface area contributed by atoms with Crippen molar-refractivity contribution in [1.29, 1.82) is 0 Å². The lowest BCUT2D eigenvalue weighted by atomic mass is 10.1. The van der Waals surface area contributed by atoms with Gasteiger partial charge in [-0.15, -0.1) is 11.3 Å². The van der Waals surface area contributed by atoms with Crippen LogP contribution in [0.1, 0.15) is 16.1 Å². The smallest absolute Gasteiger partial charge is 0.276 e. The van der Waals surface area contributed by atoms with Gasteiger partial charge in [0.1, 0.15) is 0 Å². The second-order valence-corrected chi connectivity index (χ2v) is 7.25. The third-order valence-electron chi connectivity index (χ3n) is 3.84. The van der Waals surface area contributed by atoms with E-state index in [-0.39, 0.29) is 11.6 Å². The van der Waals surface area contributed by atoms with Crippen molar-refractivity contribution in [2.24, 2.45) is 5.10 Å². The summed E-state index contributed by atoms with van der Waals surface area (Å²) < 4.78 is 0.681. The average molecular weight is 381 g/mol. The average Bonchev–Trinajstić information content (AvgIpc) is 3.31. The minimum absolute atomic E-state index is 0.264. The van der Waals surface area contributed by atoms with Crippen LogP contribution in [0.3, 0.4) is 0 Å². The number of hydrogen-bond acceptors (Lipinski definition) is 4. The summed E-state index contributed by atoms with van der Waals surface area (Å²) in [7, 11) is 0. The minimum Gasteiger partial charge on any atom is -0.276 e. The molecule has 2 heterocycles. The molecule has 2 aromatic heterocycles. The summed E-state index contributed by atoms with van der Waals surface area (Å²) in [4.78, 5) is 13.1. The van der Waals surface area contributed by atoms with Crippen LogP contribution in [0.2, 0.25) is 4.34 Å². The number of aromatic nitrogens is 2. The molecule has 5 nitrogen and oxygen atoms in total. The van der Waals surface area contributed by atoms with Crippen molar-refractivity contribution in [3.63, 3.8) is 0 Å². The van der Waals surface area contributed by atoms with Crippen LogP contribution in [0.25, 0.3) is 21.3 Å². The van der Waals surface area contributed by atoms with E-state index < -0.39 is 0 Å². The standard InChI is InChI=1S/C19H13ClN4OS/c20-18-9-8-17(26-18)15-10-16(23-22-15)19(25)24-21-11-13-6-3-5-12-4-1-2-7-14(12)13/h1-11H,(H,22,23)(H,24,25)/b21-11+. The van der Waals surface area contributed by atoms with Crippen LogP contribution < -0.4 is 5.43 Å². The van der Waals surface area contributed by atoms with Gasteiger partial charge in [0.05, 0.1) is 21.1 Å². The van der Waals surface area contributed by atoms with E-state index in [0.29, 0.717) is 4.34 Å². The van der Waals surface area contributed by atoms with Gasteiger partial charge in [-0.2, -0.15) is 10.2 Å². The highest BCUT2D eigenvalue weighted by atomic mass is 35.5. The van der Waals surface area contributed by atoms with E-state index in [1.54, 1.807) is 18.3 Å². The summed E-state index contributed by atoms with van der Waals surface area (Å²) >= 11 is 7.35. The lowest BCUT2D eigenvalue weighted by Crippen LogP contribution is -2.18. The Bertz CT molecular complexity index is 1110. The molecule has 4 rings (SSSR count). The van der Waals surface area contributed by atoms with Crippen molar-refractivity contribution in [1.82, 2.24) is 15.6 Å². The molecule has 0 aliphatic rings. The Morgan fingerprint density at radius 2 is 2.00 bits per heavy atom. The van der Waals surface area contributed by atoms with Crippen LogP contribution in [-0.4, -0.2) is 22.3 Å². The SMILES string of the molecule is O=C(N/N=C/c1cccc2ccccc12)c1cc(-c2ccc(Cl)s2)[nH]n1. The van der Waals surface area contributed by atoms with Gasteiger partial charge in [0.25, 0.3) is 5.91 Å². The summed E-state index contributed by atoms with van der Waals surface area (Å²) in [6.07, 6.45) is 1.63. The minimum atomic E-state index is -0.383. The lowest BCUT2D eigenvalue weighted by molar-refractivity contribution is 0.0950. The maximum atomic E-state index is 12.2. The first-order chi connectivity index (χ1) is 12.7. The predicted octanol–water partition coefficient (Wildman–Crippen LogP) is 4.71. The summed E-state index contributed by atoms with van der Waals surface area (Å²) in [6.45, 7) is 0. The number of thiophene rings is 1. The number of aromatic amines is 1. The fourth-order valence-electron chi connectivity index (χ4n) is 2.60. The molecule has 0 saturated heterocycles. The van der Waals surface area contributed by atoms with E-state index in [1.165, 1.54) is 11.3 Å². The quantitative estimate of drug-likeness (QED) is 0.397. The van der Waals surface area contributed by atoms with Crippen molar-refractivity contribution < 1.29 is 4.79 Å². The molecule has 0 bridgehead atoms. The fraction of sp³-hybridized carbons (Fsp3) is 0. The maximum Gasteiger partial charge on any atom is 0.291 e. The monoisotopic (exact) mass is 380 g/mol. The van der Waals surface area contributed by atoms with Gasteiger partial charge in [-0.25, -0.2) is 5.43 Å². The van der Waals surface area contributed by atoms with Gasteiger partial charge in [0.15, 0.2) is 5.69 Å². The first-order valence-corrected chi connectivity index (χ1v) is 9.02. The Balaban J connectivity index is 1.48. The van der Waals surface area contributed by atoms with Crippen LogP contribution in [0, 0.1) is 0 Å². The number of carbonyl (C=O) groups excluding carboxylic acids is 1. The van der Waals surface area contributed by atoms with Gasteiger partial charge < -0.3 is 0 Å². The number of amides is 1. The molecule has 2 aromatic carbocycles. The van der Waals surface area contributed by atoms with Crippen LogP contribution in [0.5, 0.6) is 0 Å². The molecule has 0 atom stereocenters. The maximum absolute atomic E-state index is 12.2. The molecule has 0 spiro atoms. The largest absolute Gasteiger partial charge is 0.291 e. The predicted molar refractivity (Wildman–Crippen MR) is 106 cm³/mol. The molecule has 0 aliphatic carbocycles. The summed E-state index contributed by atoms with van der Waals surface area (Å²) in [5.74, 6) is -0.383. The van der Waals surface area contributed by atoms with Crippen molar-refractivity contribution >= 4 is 45.8 Å². The van der Waals surface area contributed by atoms with E-state index >= 15 is 0 Å². The summed E-state index contributed by atoms with van der Waals surface area (Å²) in [6, 6.07) is 19.3. The van der Waals surface area contributed by atoms with E-state index in [1.807, 2.05) is 48.5 Å². The fourth-order valence-corrected chi connectivity index (χ4v) is 3.61. The number of hydrazone groups is 1. The molecule has 4 aromatic rings. The van der Waals surface area contributed by atoms with Crippen molar-refractivity contribution in [2.45, 2.75) is 0 Å². The molecular weight excluding hydrogens is 368 g/mol. The van der Waals surface area contributed by atoms with Crippen molar-refractivity contribution in [3.05, 3.63) is 76.3 Å².